The zero-order valence-electron chi connectivity index (χ0n) is 14.5. The van der Waals surface area contributed by atoms with Crippen molar-refractivity contribution in [1.82, 2.24) is 5.32 Å². The van der Waals surface area contributed by atoms with E-state index in [1.807, 2.05) is 30.3 Å². The standard InChI is InChI=1S/C19H27NO5/c1-19(25,12-21)15-9-7-14(8-10-15)17(22)20-16(18(23)24)11-13-5-3-2-4-6-13/h2-6,14-16,21,25H,7-12H2,1H3,(H,20,22)(H,23,24)/t14?,15?,16-,19-/m1/s1. The zero-order chi connectivity index (χ0) is 18.4. The Labute approximate surface area is 147 Å². The van der Waals surface area contributed by atoms with Crippen LogP contribution in [-0.2, 0) is 16.0 Å². The highest BCUT2D eigenvalue weighted by Gasteiger charge is 2.37. The first-order valence-corrected chi connectivity index (χ1v) is 8.74. The first-order valence-electron chi connectivity index (χ1n) is 8.74. The Morgan fingerprint density at radius 3 is 2.32 bits per heavy atom. The molecule has 0 aliphatic heterocycles. The maximum Gasteiger partial charge on any atom is 0.326 e. The molecule has 1 aliphatic carbocycles. The summed E-state index contributed by atoms with van der Waals surface area (Å²) in [7, 11) is 0. The lowest BCUT2D eigenvalue weighted by Crippen LogP contribution is -2.47. The summed E-state index contributed by atoms with van der Waals surface area (Å²) in [5, 5.41) is 31.4. The van der Waals surface area contributed by atoms with Crippen LogP contribution in [0.25, 0.3) is 0 Å². The van der Waals surface area contributed by atoms with E-state index in [4.69, 9.17) is 0 Å². The lowest BCUT2D eigenvalue weighted by molar-refractivity contribution is -0.143. The third kappa shape index (κ3) is 5.28. The summed E-state index contributed by atoms with van der Waals surface area (Å²) in [6.07, 6.45) is 2.70. The average molecular weight is 349 g/mol. The Kier molecular flexibility index (Phi) is 6.56. The Morgan fingerprint density at radius 1 is 1.20 bits per heavy atom. The summed E-state index contributed by atoms with van der Waals surface area (Å²) in [6, 6.07) is 8.26. The summed E-state index contributed by atoms with van der Waals surface area (Å²) in [6.45, 7) is 1.31. The molecule has 2 rings (SSSR count). The molecule has 0 spiro atoms. The predicted molar refractivity (Wildman–Crippen MR) is 92.9 cm³/mol. The van der Waals surface area contributed by atoms with Gasteiger partial charge in [-0.3, -0.25) is 4.79 Å². The lowest BCUT2D eigenvalue weighted by Gasteiger charge is -2.36. The minimum absolute atomic E-state index is 0.0406. The van der Waals surface area contributed by atoms with E-state index >= 15 is 0 Å². The second-order valence-electron chi connectivity index (χ2n) is 7.15. The highest BCUT2D eigenvalue weighted by atomic mass is 16.4. The van der Waals surface area contributed by atoms with Crippen molar-refractivity contribution in [2.45, 2.75) is 50.7 Å². The number of amides is 1. The summed E-state index contributed by atoms with van der Waals surface area (Å²) in [5.41, 5.74) is -0.267. The third-order valence-electron chi connectivity index (χ3n) is 5.19. The van der Waals surface area contributed by atoms with Crippen LogP contribution >= 0.6 is 0 Å². The number of carboxylic acid groups (broad SMARTS) is 1. The van der Waals surface area contributed by atoms with Crippen LogP contribution in [0.3, 0.4) is 0 Å². The van der Waals surface area contributed by atoms with Crippen molar-refractivity contribution in [2.24, 2.45) is 11.8 Å². The molecule has 6 nitrogen and oxygen atoms in total. The number of aliphatic carboxylic acids is 1. The highest BCUT2D eigenvalue weighted by Crippen LogP contribution is 2.35. The monoisotopic (exact) mass is 349 g/mol. The molecule has 4 N–H and O–H groups in total. The van der Waals surface area contributed by atoms with Crippen molar-refractivity contribution in [3.8, 4) is 0 Å². The van der Waals surface area contributed by atoms with E-state index in [2.05, 4.69) is 5.32 Å². The second-order valence-corrected chi connectivity index (χ2v) is 7.15. The molecule has 1 saturated carbocycles. The van der Waals surface area contributed by atoms with Crippen LogP contribution in [0.5, 0.6) is 0 Å². The highest BCUT2D eigenvalue weighted by molar-refractivity contribution is 5.85. The van der Waals surface area contributed by atoms with Gasteiger partial charge in [0.25, 0.3) is 0 Å². The molecule has 0 bridgehead atoms. The van der Waals surface area contributed by atoms with E-state index in [0.717, 1.165) is 5.56 Å². The SMILES string of the molecule is C[C@@](O)(CO)C1CCC(C(=O)N[C@H](Cc2ccccc2)C(=O)O)CC1. The van der Waals surface area contributed by atoms with Gasteiger partial charge in [-0.1, -0.05) is 30.3 Å². The van der Waals surface area contributed by atoms with Crippen LogP contribution in [0.2, 0.25) is 0 Å². The van der Waals surface area contributed by atoms with Gasteiger partial charge in [0.15, 0.2) is 0 Å². The zero-order valence-corrected chi connectivity index (χ0v) is 14.5. The molecule has 0 heterocycles. The van der Waals surface area contributed by atoms with Gasteiger partial charge in [0.1, 0.15) is 6.04 Å². The summed E-state index contributed by atoms with van der Waals surface area (Å²) in [4.78, 5) is 23.9. The number of hydrogen-bond acceptors (Lipinski definition) is 4. The molecular weight excluding hydrogens is 322 g/mol. The number of carbonyl (C=O) groups is 2. The molecule has 0 saturated heterocycles. The number of rotatable bonds is 7. The maximum absolute atomic E-state index is 12.4. The van der Waals surface area contributed by atoms with E-state index in [0.29, 0.717) is 25.7 Å². The van der Waals surface area contributed by atoms with E-state index < -0.39 is 17.6 Å². The molecular formula is C19H27NO5. The van der Waals surface area contributed by atoms with Gasteiger partial charge < -0.3 is 20.6 Å². The molecule has 1 aliphatic rings. The number of aliphatic hydroxyl groups excluding tert-OH is 1. The van der Waals surface area contributed by atoms with Crippen molar-refractivity contribution >= 4 is 11.9 Å². The number of carboxylic acids is 1. The van der Waals surface area contributed by atoms with Crippen LogP contribution < -0.4 is 5.32 Å². The van der Waals surface area contributed by atoms with Gasteiger partial charge in [0.2, 0.25) is 5.91 Å². The smallest absolute Gasteiger partial charge is 0.326 e. The Balaban J connectivity index is 1.90. The quantitative estimate of drug-likeness (QED) is 0.594. The molecule has 138 valence electrons. The summed E-state index contributed by atoms with van der Waals surface area (Å²) >= 11 is 0. The number of aliphatic hydroxyl groups is 2. The largest absolute Gasteiger partial charge is 0.480 e. The van der Waals surface area contributed by atoms with Crippen LogP contribution in [0.4, 0.5) is 0 Å². The molecule has 25 heavy (non-hydrogen) atoms. The fourth-order valence-electron chi connectivity index (χ4n) is 3.45. The van der Waals surface area contributed by atoms with Crippen molar-refractivity contribution in [3.05, 3.63) is 35.9 Å². The van der Waals surface area contributed by atoms with Gasteiger partial charge in [-0.2, -0.15) is 0 Å². The molecule has 0 radical (unpaired) electrons. The van der Waals surface area contributed by atoms with Crippen molar-refractivity contribution in [1.29, 1.82) is 0 Å². The summed E-state index contributed by atoms with van der Waals surface area (Å²) in [5.74, 6) is -1.58. The normalized spacial score (nSPS) is 24.1. The van der Waals surface area contributed by atoms with Crippen molar-refractivity contribution in [3.63, 3.8) is 0 Å². The first-order chi connectivity index (χ1) is 11.8. The van der Waals surface area contributed by atoms with Gasteiger partial charge >= 0.3 is 5.97 Å². The van der Waals surface area contributed by atoms with Gasteiger partial charge in [-0.15, -0.1) is 0 Å². The molecule has 6 heteroatoms. The predicted octanol–water partition coefficient (Wildman–Crippen LogP) is 1.35. The number of hydrogen-bond donors (Lipinski definition) is 4. The molecule has 2 atom stereocenters. The number of carbonyl (C=O) groups excluding carboxylic acids is 1. The fraction of sp³-hybridized carbons (Fsp3) is 0.579. The van der Waals surface area contributed by atoms with Crippen molar-refractivity contribution < 1.29 is 24.9 Å². The van der Waals surface area contributed by atoms with Gasteiger partial charge in [0, 0.05) is 12.3 Å². The molecule has 0 aromatic heterocycles. The molecule has 1 fully saturated rings. The molecule has 1 aromatic carbocycles. The van der Waals surface area contributed by atoms with Gasteiger partial charge in [-0.05, 0) is 44.1 Å². The van der Waals surface area contributed by atoms with E-state index in [-0.39, 0.29) is 30.8 Å². The van der Waals surface area contributed by atoms with E-state index in [9.17, 15) is 24.9 Å². The lowest BCUT2D eigenvalue weighted by atomic mass is 9.74. The topological polar surface area (TPSA) is 107 Å². The molecule has 1 amide bonds. The summed E-state index contributed by atoms with van der Waals surface area (Å²) < 4.78 is 0. The second kappa shape index (κ2) is 8.45. The minimum atomic E-state index is -1.13. The van der Waals surface area contributed by atoms with Crippen LogP contribution in [0.1, 0.15) is 38.2 Å². The minimum Gasteiger partial charge on any atom is -0.480 e. The third-order valence-corrected chi connectivity index (χ3v) is 5.19. The van der Waals surface area contributed by atoms with Crippen molar-refractivity contribution in [2.75, 3.05) is 6.61 Å². The molecule has 1 aromatic rings. The average Bonchev–Trinajstić information content (AvgIpc) is 2.62. The number of nitrogens with one attached hydrogen (secondary N) is 1. The van der Waals surface area contributed by atoms with E-state index in [1.54, 1.807) is 6.92 Å². The van der Waals surface area contributed by atoms with Crippen LogP contribution in [0, 0.1) is 11.8 Å². The van der Waals surface area contributed by atoms with Crippen LogP contribution in [-0.4, -0.2) is 45.4 Å². The fourth-order valence-corrected chi connectivity index (χ4v) is 3.45. The Bertz CT molecular complexity index is 579. The maximum atomic E-state index is 12.4. The van der Waals surface area contributed by atoms with E-state index in [1.165, 1.54) is 0 Å². The van der Waals surface area contributed by atoms with Gasteiger partial charge in [0.05, 0.1) is 12.2 Å². The first kappa shape index (κ1) is 19.4. The molecule has 0 unspecified atom stereocenters. The Hall–Kier alpha value is -1.92. The number of benzene rings is 1. The Morgan fingerprint density at radius 2 is 1.80 bits per heavy atom. The van der Waals surface area contributed by atoms with Gasteiger partial charge in [-0.25, -0.2) is 4.79 Å². The van der Waals surface area contributed by atoms with Crippen LogP contribution in [0.15, 0.2) is 30.3 Å².